The molecule has 1 saturated heterocycles. The summed E-state index contributed by atoms with van der Waals surface area (Å²) in [5.41, 5.74) is 5.86. The Bertz CT molecular complexity index is 742. The van der Waals surface area contributed by atoms with E-state index in [1.807, 2.05) is 11.9 Å². The van der Waals surface area contributed by atoms with Crippen LogP contribution in [0.2, 0.25) is 0 Å². The maximum atomic E-state index is 13.7. The van der Waals surface area contributed by atoms with Crippen LogP contribution in [0.15, 0.2) is 18.2 Å². The number of hydrogen-bond donors (Lipinski definition) is 2. The van der Waals surface area contributed by atoms with Gasteiger partial charge in [0.2, 0.25) is 5.91 Å². The molecular formula is C20H28F2N4O3. The van der Waals surface area contributed by atoms with Gasteiger partial charge in [-0.05, 0) is 44.0 Å². The van der Waals surface area contributed by atoms with Crippen molar-refractivity contribution in [1.29, 1.82) is 0 Å². The van der Waals surface area contributed by atoms with Gasteiger partial charge in [-0.25, -0.2) is 8.78 Å². The van der Waals surface area contributed by atoms with Gasteiger partial charge in [-0.1, -0.05) is 6.42 Å². The van der Waals surface area contributed by atoms with E-state index in [9.17, 15) is 18.4 Å². The third kappa shape index (κ3) is 5.09. The van der Waals surface area contributed by atoms with Crippen molar-refractivity contribution in [3.8, 4) is 0 Å². The molecule has 0 aromatic heterocycles. The zero-order valence-electron chi connectivity index (χ0n) is 16.6. The van der Waals surface area contributed by atoms with E-state index in [0.717, 1.165) is 19.4 Å². The minimum Gasteiger partial charge on any atom is -0.370 e. The fourth-order valence-corrected chi connectivity index (χ4v) is 3.72. The zero-order valence-corrected chi connectivity index (χ0v) is 16.6. The second-order valence-electron chi connectivity index (χ2n) is 7.65. The summed E-state index contributed by atoms with van der Waals surface area (Å²) in [6, 6.07) is 3.62. The Balaban J connectivity index is 1.74. The maximum Gasteiger partial charge on any atom is 0.265 e. The molecule has 1 aromatic carbocycles. The number of ether oxygens (including phenoxy) is 1. The fourth-order valence-electron chi connectivity index (χ4n) is 3.72. The summed E-state index contributed by atoms with van der Waals surface area (Å²) in [7, 11) is 1.83. The van der Waals surface area contributed by atoms with Crippen LogP contribution in [0.25, 0.3) is 0 Å². The first kappa shape index (κ1) is 21.6. The third-order valence-corrected chi connectivity index (χ3v) is 5.65. The molecule has 0 unspecified atom stereocenters. The van der Waals surface area contributed by atoms with E-state index in [1.165, 1.54) is 23.5 Å². The van der Waals surface area contributed by atoms with Crippen LogP contribution in [0.4, 0.5) is 20.2 Å². The van der Waals surface area contributed by atoms with E-state index in [4.69, 9.17) is 10.5 Å². The molecule has 1 aliphatic carbocycles. The first-order chi connectivity index (χ1) is 13.9. The second-order valence-corrected chi connectivity index (χ2v) is 7.65. The highest BCUT2D eigenvalue weighted by Crippen LogP contribution is 2.32. The summed E-state index contributed by atoms with van der Waals surface area (Å²) in [6.45, 7) is 1.43. The van der Waals surface area contributed by atoms with E-state index in [-0.39, 0.29) is 30.3 Å². The molecule has 9 heteroatoms. The van der Waals surface area contributed by atoms with Crippen molar-refractivity contribution in [2.45, 2.75) is 31.7 Å². The number of rotatable bonds is 8. The molecule has 7 nitrogen and oxygen atoms in total. The number of nitrogens with two attached hydrogens (primary N) is 1. The van der Waals surface area contributed by atoms with Crippen LogP contribution in [0.1, 0.15) is 31.3 Å². The smallest absolute Gasteiger partial charge is 0.265 e. The number of carbonyl (C=O) groups is 2. The van der Waals surface area contributed by atoms with Gasteiger partial charge in [0, 0.05) is 36.6 Å². The highest BCUT2D eigenvalue weighted by molar-refractivity contribution is 5.97. The quantitative estimate of drug-likeness (QED) is 0.684. The maximum absolute atomic E-state index is 13.7. The molecule has 29 heavy (non-hydrogen) atoms. The molecule has 0 radical (unpaired) electrons. The minimum absolute atomic E-state index is 0.0324. The number of benzene rings is 1. The van der Waals surface area contributed by atoms with Crippen molar-refractivity contribution >= 4 is 23.2 Å². The normalized spacial score (nSPS) is 18.8. The first-order valence-corrected chi connectivity index (χ1v) is 9.92. The van der Waals surface area contributed by atoms with E-state index < -0.39 is 18.4 Å². The number of nitrogens with zero attached hydrogens (tertiary/aromatic N) is 2. The largest absolute Gasteiger partial charge is 0.370 e. The molecule has 3 N–H and O–H groups in total. The summed E-state index contributed by atoms with van der Waals surface area (Å²) in [6.07, 6.45) is 0.680. The molecule has 160 valence electrons. The van der Waals surface area contributed by atoms with Crippen LogP contribution >= 0.6 is 0 Å². The molecule has 2 amide bonds. The van der Waals surface area contributed by atoms with Crippen LogP contribution in [0.3, 0.4) is 0 Å². The number of alkyl halides is 2. The van der Waals surface area contributed by atoms with Crippen molar-refractivity contribution < 1.29 is 23.1 Å². The summed E-state index contributed by atoms with van der Waals surface area (Å²) in [5.74, 6) is -0.135. The number of carbonyl (C=O) groups excluding carboxylic acids is 2. The van der Waals surface area contributed by atoms with Gasteiger partial charge in [-0.3, -0.25) is 14.5 Å². The van der Waals surface area contributed by atoms with Gasteiger partial charge in [0.25, 0.3) is 12.3 Å². The SMILES string of the molecule is CN(CC1CCC1)[C@@H](CN)C(=O)Nc1ccc(N2CCOCC2=O)cc1C(F)F. The predicted octanol–water partition coefficient (Wildman–Crippen LogP) is 1.99. The zero-order chi connectivity index (χ0) is 21.0. The van der Waals surface area contributed by atoms with Gasteiger partial charge in [-0.15, -0.1) is 0 Å². The Morgan fingerprint density at radius 1 is 1.41 bits per heavy atom. The number of hydrogen-bond acceptors (Lipinski definition) is 5. The Kier molecular flexibility index (Phi) is 7.15. The fraction of sp³-hybridized carbons (Fsp3) is 0.600. The molecule has 3 rings (SSSR count). The molecule has 2 fully saturated rings. The third-order valence-electron chi connectivity index (χ3n) is 5.65. The van der Waals surface area contributed by atoms with E-state index in [0.29, 0.717) is 24.8 Å². The molecule has 1 saturated carbocycles. The lowest BCUT2D eigenvalue weighted by Crippen LogP contribution is -2.49. The summed E-state index contributed by atoms with van der Waals surface area (Å²) >= 11 is 0. The number of nitrogens with one attached hydrogen (secondary N) is 1. The summed E-state index contributed by atoms with van der Waals surface area (Å²) in [5, 5.41) is 2.61. The number of likely N-dealkylation sites (N-methyl/N-ethyl adjacent to an activating group) is 1. The average molecular weight is 410 g/mol. The summed E-state index contributed by atoms with van der Waals surface area (Å²) in [4.78, 5) is 28.0. The average Bonchev–Trinajstić information content (AvgIpc) is 2.66. The number of halogens is 2. The van der Waals surface area contributed by atoms with Crippen molar-refractivity contribution in [1.82, 2.24) is 4.90 Å². The molecule has 1 heterocycles. The highest BCUT2D eigenvalue weighted by atomic mass is 19.3. The van der Waals surface area contributed by atoms with Crippen LogP contribution in [-0.4, -0.2) is 62.7 Å². The van der Waals surface area contributed by atoms with Gasteiger partial charge in [0.15, 0.2) is 0 Å². The Hall–Kier alpha value is -2.10. The second kappa shape index (κ2) is 9.60. The molecular weight excluding hydrogens is 382 g/mol. The van der Waals surface area contributed by atoms with Gasteiger partial charge < -0.3 is 20.7 Å². The molecule has 2 aliphatic rings. The van der Waals surface area contributed by atoms with Crippen molar-refractivity contribution in [3.05, 3.63) is 23.8 Å². The topological polar surface area (TPSA) is 87.9 Å². The number of anilines is 2. The number of morpholine rings is 1. The highest BCUT2D eigenvalue weighted by Gasteiger charge is 2.28. The van der Waals surface area contributed by atoms with Crippen molar-refractivity contribution in [3.63, 3.8) is 0 Å². The minimum atomic E-state index is -2.80. The van der Waals surface area contributed by atoms with Gasteiger partial charge in [0.05, 0.1) is 6.61 Å². The number of amides is 2. The molecule has 1 aliphatic heterocycles. The van der Waals surface area contributed by atoms with E-state index >= 15 is 0 Å². The van der Waals surface area contributed by atoms with Gasteiger partial charge >= 0.3 is 0 Å². The molecule has 1 atom stereocenters. The van der Waals surface area contributed by atoms with Crippen LogP contribution in [0.5, 0.6) is 0 Å². The van der Waals surface area contributed by atoms with Crippen LogP contribution in [0, 0.1) is 5.92 Å². The molecule has 1 aromatic rings. The van der Waals surface area contributed by atoms with Crippen LogP contribution in [-0.2, 0) is 14.3 Å². The van der Waals surface area contributed by atoms with Crippen molar-refractivity contribution in [2.75, 3.05) is 50.1 Å². The lowest BCUT2D eigenvalue weighted by molar-refractivity contribution is -0.125. The van der Waals surface area contributed by atoms with E-state index in [2.05, 4.69) is 5.32 Å². The Morgan fingerprint density at radius 2 is 2.17 bits per heavy atom. The Morgan fingerprint density at radius 3 is 2.76 bits per heavy atom. The lowest BCUT2D eigenvalue weighted by Gasteiger charge is -2.34. The molecule has 0 bridgehead atoms. The lowest BCUT2D eigenvalue weighted by atomic mass is 9.85. The predicted molar refractivity (Wildman–Crippen MR) is 106 cm³/mol. The first-order valence-electron chi connectivity index (χ1n) is 9.92. The van der Waals surface area contributed by atoms with Crippen LogP contribution < -0.4 is 16.0 Å². The Labute approximate surface area is 169 Å². The standard InChI is InChI=1S/C20H28F2N4O3/c1-25(11-13-3-2-4-13)17(10-23)20(28)24-16-6-5-14(9-15(16)19(21)22)26-7-8-29-12-18(26)27/h5-6,9,13,17,19H,2-4,7-8,10-12,23H2,1H3,(H,24,28)/t17-/m0/s1. The van der Waals surface area contributed by atoms with Crippen molar-refractivity contribution in [2.24, 2.45) is 11.7 Å². The molecule has 0 spiro atoms. The van der Waals surface area contributed by atoms with E-state index in [1.54, 1.807) is 6.07 Å². The van der Waals surface area contributed by atoms with Gasteiger partial charge in [-0.2, -0.15) is 0 Å². The summed E-state index contributed by atoms with van der Waals surface area (Å²) < 4.78 is 32.4. The van der Waals surface area contributed by atoms with Gasteiger partial charge in [0.1, 0.15) is 12.6 Å². The monoisotopic (exact) mass is 410 g/mol.